The summed E-state index contributed by atoms with van der Waals surface area (Å²) in [7, 11) is 0. The van der Waals surface area contributed by atoms with E-state index in [1.165, 1.54) is 49.7 Å². The zero-order valence-corrected chi connectivity index (χ0v) is 12.4. The molecule has 0 aromatic heterocycles. The zero-order chi connectivity index (χ0) is 13.5. The van der Waals surface area contributed by atoms with Crippen LogP contribution in [0.2, 0.25) is 0 Å². The molecule has 0 radical (unpaired) electrons. The van der Waals surface area contributed by atoms with Gasteiger partial charge in [-0.1, -0.05) is 56.9 Å². The predicted molar refractivity (Wildman–Crippen MR) is 83.3 cm³/mol. The Labute approximate surface area is 118 Å². The summed E-state index contributed by atoms with van der Waals surface area (Å²) in [5, 5.41) is 0. The maximum atomic E-state index is 5.59. The second kappa shape index (κ2) is 7.69. The van der Waals surface area contributed by atoms with Gasteiger partial charge in [0.25, 0.3) is 0 Å². The molecule has 1 nitrogen and oxygen atoms in total. The molecule has 1 aromatic carbocycles. The van der Waals surface area contributed by atoms with E-state index in [1.807, 2.05) is 0 Å². The van der Waals surface area contributed by atoms with Crippen molar-refractivity contribution in [2.24, 2.45) is 17.6 Å². The molecule has 1 saturated carbocycles. The number of rotatable bonds is 6. The highest BCUT2D eigenvalue weighted by Gasteiger charge is 2.20. The van der Waals surface area contributed by atoms with E-state index >= 15 is 0 Å². The van der Waals surface area contributed by atoms with Crippen LogP contribution in [0.5, 0.6) is 0 Å². The lowest BCUT2D eigenvalue weighted by Gasteiger charge is -2.28. The molecular formula is C18H29N. The van der Waals surface area contributed by atoms with Gasteiger partial charge in [0.05, 0.1) is 0 Å². The van der Waals surface area contributed by atoms with E-state index in [2.05, 4.69) is 31.2 Å². The lowest BCUT2D eigenvalue weighted by Crippen LogP contribution is -2.17. The summed E-state index contributed by atoms with van der Waals surface area (Å²) in [6, 6.07) is 9.14. The minimum atomic E-state index is 0.795. The molecule has 2 N–H and O–H groups in total. The average molecular weight is 259 g/mol. The third kappa shape index (κ3) is 4.65. The standard InChI is InChI=1S/C18H29N/c1-15-6-2-3-10-18(15)12-11-17-8-4-7-16(14-17)9-5-13-19/h4,7-8,14-15,18H,2-3,5-6,9-13,19H2,1H3. The van der Waals surface area contributed by atoms with Crippen LogP contribution in [0.25, 0.3) is 0 Å². The maximum absolute atomic E-state index is 5.59. The van der Waals surface area contributed by atoms with E-state index in [1.54, 1.807) is 0 Å². The molecular weight excluding hydrogens is 230 g/mol. The highest BCUT2D eigenvalue weighted by atomic mass is 14.5. The minimum Gasteiger partial charge on any atom is -0.330 e. The van der Waals surface area contributed by atoms with Crippen LogP contribution in [0.3, 0.4) is 0 Å². The van der Waals surface area contributed by atoms with Crippen molar-refractivity contribution in [2.75, 3.05) is 6.54 Å². The van der Waals surface area contributed by atoms with E-state index in [-0.39, 0.29) is 0 Å². The van der Waals surface area contributed by atoms with E-state index in [4.69, 9.17) is 5.73 Å². The number of benzene rings is 1. The molecule has 0 saturated heterocycles. The second-order valence-electron chi connectivity index (χ2n) is 6.27. The Hall–Kier alpha value is -0.820. The molecule has 0 amide bonds. The summed E-state index contributed by atoms with van der Waals surface area (Å²) in [5.41, 5.74) is 8.56. The quantitative estimate of drug-likeness (QED) is 0.808. The first-order valence-corrected chi connectivity index (χ1v) is 8.07. The smallest absolute Gasteiger partial charge is 0.00741 e. The number of nitrogens with two attached hydrogens (primary N) is 1. The molecule has 0 bridgehead atoms. The average Bonchev–Trinajstić information content (AvgIpc) is 2.45. The van der Waals surface area contributed by atoms with Crippen LogP contribution in [-0.2, 0) is 12.8 Å². The summed E-state index contributed by atoms with van der Waals surface area (Å²) in [5.74, 6) is 1.90. The van der Waals surface area contributed by atoms with Crippen molar-refractivity contribution >= 4 is 0 Å². The second-order valence-corrected chi connectivity index (χ2v) is 6.27. The Morgan fingerprint density at radius 2 is 1.84 bits per heavy atom. The van der Waals surface area contributed by atoms with Gasteiger partial charge >= 0.3 is 0 Å². The lowest BCUT2D eigenvalue weighted by atomic mass is 9.77. The highest BCUT2D eigenvalue weighted by Crippen LogP contribution is 2.32. The number of hydrogen-bond donors (Lipinski definition) is 1. The van der Waals surface area contributed by atoms with Crippen molar-refractivity contribution in [2.45, 2.75) is 58.3 Å². The molecule has 1 aliphatic rings. The van der Waals surface area contributed by atoms with Gasteiger partial charge in [-0.3, -0.25) is 0 Å². The van der Waals surface area contributed by atoms with Crippen LogP contribution in [0.15, 0.2) is 24.3 Å². The number of hydrogen-bond acceptors (Lipinski definition) is 1. The first kappa shape index (κ1) is 14.6. The maximum Gasteiger partial charge on any atom is -0.00741 e. The molecule has 1 heteroatoms. The van der Waals surface area contributed by atoms with Crippen molar-refractivity contribution in [3.05, 3.63) is 35.4 Å². The van der Waals surface area contributed by atoms with Gasteiger partial charge in [0, 0.05) is 0 Å². The fourth-order valence-corrected chi connectivity index (χ4v) is 3.42. The molecule has 0 spiro atoms. The van der Waals surface area contributed by atoms with Gasteiger partial charge in [-0.05, 0) is 55.2 Å². The van der Waals surface area contributed by atoms with Gasteiger partial charge in [-0.15, -0.1) is 0 Å². The Morgan fingerprint density at radius 1 is 1.11 bits per heavy atom. The topological polar surface area (TPSA) is 26.0 Å². The van der Waals surface area contributed by atoms with Crippen LogP contribution >= 0.6 is 0 Å². The van der Waals surface area contributed by atoms with Crippen molar-refractivity contribution in [1.82, 2.24) is 0 Å². The lowest BCUT2D eigenvalue weighted by molar-refractivity contribution is 0.242. The first-order chi connectivity index (χ1) is 9.29. The Bertz CT molecular complexity index is 372. The molecule has 106 valence electrons. The Kier molecular flexibility index (Phi) is 5.91. The summed E-state index contributed by atoms with van der Waals surface area (Å²) >= 11 is 0. The van der Waals surface area contributed by atoms with Crippen molar-refractivity contribution in [1.29, 1.82) is 0 Å². The molecule has 19 heavy (non-hydrogen) atoms. The monoisotopic (exact) mass is 259 g/mol. The summed E-state index contributed by atoms with van der Waals surface area (Å²) in [6.45, 7) is 3.24. The molecule has 2 unspecified atom stereocenters. The molecule has 0 aliphatic heterocycles. The largest absolute Gasteiger partial charge is 0.330 e. The van der Waals surface area contributed by atoms with E-state index < -0.39 is 0 Å². The van der Waals surface area contributed by atoms with E-state index in [0.717, 1.165) is 31.2 Å². The third-order valence-corrected chi connectivity index (χ3v) is 4.75. The van der Waals surface area contributed by atoms with Crippen LogP contribution in [0.4, 0.5) is 0 Å². The van der Waals surface area contributed by atoms with Crippen molar-refractivity contribution in [3.8, 4) is 0 Å². The fourth-order valence-electron chi connectivity index (χ4n) is 3.42. The first-order valence-electron chi connectivity index (χ1n) is 8.07. The zero-order valence-electron chi connectivity index (χ0n) is 12.4. The van der Waals surface area contributed by atoms with Crippen molar-refractivity contribution in [3.63, 3.8) is 0 Å². The summed E-state index contributed by atoms with van der Waals surface area (Å²) in [4.78, 5) is 0. The van der Waals surface area contributed by atoms with E-state index in [0.29, 0.717) is 0 Å². The fraction of sp³-hybridized carbons (Fsp3) is 0.667. The third-order valence-electron chi connectivity index (χ3n) is 4.75. The van der Waals surface area contributed by atoms with E-state index in [9.17, 15) is 0 Å². The van der Waals surface area contributed by atoms with Gasteiger partial charge in [-0.2, -0.15) is 0 Å². The molecule has 2 rings (SSSR count). The highest BCUT2D eigenvalue weighted by molar-refractivity contribution is 5.23. The predicted octanol–water partition coefficient (Wildman–Crippen LogP) is 4.34. The molecule has 0 heterocycles. The Morgan fingerprint density at radius 3 is 2.58 bits per heavy atom. The van der Waals surface area contributed by atoms with Crippen LogP contribution in [-0.4, -0.2) is 6.54 Å². The van der Waals surface area contributed by atoms with Gasteiger partial charge in [0.15, 0.2) is 0 Å². The van der Waals surface area contributed by atoms with Crippen LogP contribution in [0, 0.1) is 11.8 Å². The van der Waals surface area contributed by atoms with Crippen LogP contribution in [0.1, 0.15) is 56.6 Å². The molecule has 1 aliphatic carbocycles. The Balaban J connectivity index is 1.84. The normalized spacial score (nSPS) is 23.5. The summed E-state index contributed by atoms with van der Waals surface area (Å²) < 4.78 is 0. The SMILES string of the molecule is CC1CCCCC1CCc1cccc(CCCN)c1. The van der Waals surface area contributed by atoms with Crippen molar-refractivity contribution < 1.29 is 0 Å². The minimum absolute atomic E-state index is 0.795. The molecule has 2 atom stereocenters. The van der Waals surface area contributed by atoms with Gasteiger partial charge in [0.1, 0.15) is 0 Å². The number of aryl methyl sites for hydroxylation is 2. The summed E-state index contributed by atoms with van der Waals surface area (Å²) in [6.07, 6.45) is 10.7. The van der Waals surface area contributed by atoms with Gasteiger partial charge < -0.3 is 5.73 Å². The van der Waals surface area contributed by atoms with Gasteiger partial charge in [-0.25, -0.2) is 0 Å². The van der Waals surface area contributed by atoms with Crippen LogP contribution < -0.4 is 5.73 Å². The van der Waals surface area contributed by atoms with Gasteiger partial charge in [0.2, 0.25) is 0 Å². The molecule has 1 aromatic rings. The molecule has 1 fully saturated rings.